The fourth-order valence-electron chi connectivity index (χ4n) is 1.44. The summed E-state index contributed by atoms with van der Waals surface area (Å²) in [6.07, 6.45) is 1.76. The summed E-state index contributed by atoms with van der Waals surface area (Å²) in [5.41, 5.74) is 7.65. The van der Waals surface area contributed by atoms with Crippen molar-refractivity contribution in [3.05, 3.63) is 23.8 Å². The molecular weight excluding hydrogens is 246 g/mol. The third-order valence-corrected chi connectivity index (χ3v) is 3.77. The number of benzene rings is 1. The Bertz CT molecular complexity index is 358. The summed E-state index contributed by atoms with van der Waals surface area (Å²) in [4.78, 5) is 1.13. The highest BCUT2D eigenvalue weighted by Crippen LogP contribution is 2.23. The smallest absolute Gasteiger partial charge is 0.0867 e. The molecule has 1 aromatic carbocycles. The average molecular weight is 269 g/mol. The van der Waals surface area contributed by atoms with Gasteiger partial charge < -0.3 is 15.6 Å². The number of ether oxygens (including phenoxy) is 1. The van der Waals surface area contributed by atoms with Crippen molar-refractivity contribution in [2.45, 2.75) is 37.7 Å². The van der Waals surface area contributed by atoms with Gasteiger partial charge in [0.2, 0.25) is 0 Å². The fraction of sp³-hybridized carbons (Fsp3) is 0.571. The lowest BCUT2D eigenvalue weighted by Gasteiger charge is -2.11. The van der Waals surface area contributed by atoms with Gasteiger partial charge in [0.15, 0.2) is 0 Å². The van der Waals surface area contributed by atoms with E-state index in [0.717, 1.165) is 35.6 Å². The number of nitrogens with two attached hydrogens (primary N) is 1. The third-order valence-electron chi connectivity index (χ3n) is 2.64. The van der Waals surface area contributed by atoms with Crippen molar-refractivity contribution in [1.82, 2.24) is 0 Å². The summed E-state index contributed by atoms with van der Waals surface area (Å²) in [6.45, 7) is 5.27. The Labute approximate surface area is 114 Å². The molecule has 3 N–H and O–H groups in total. The van der Waals surface area contributed by atoms with Crippen molar-refractivity contribution < 1.29 is 9.84 Å². The molecule has 3 nitrogen and oxygen atoms in total. The first kappa shape index (κ1) is 15.3. The van der Waals surface area contributed by atoms with Crippen LogP contribution >= 0.6 is 11.8 Å². The zero-order valence-electron chi connectivity index (χ0n) is 11.2. The van der Waals surface area contributed by atoms with Crippen LogP contribution < -0.4 is 5.73 Å². The first-order valence-electron chi connectivity index (χ1n) is 6.38. The topological polar surface area (TPSA) is 55.5 Å². The molecule has 0 aromatic heterocycles. The van der Waals surface area contributed by atoms with E-state index in [-0.39, 0.29) is 0 Å². The minimum absolute atomic E-state index is 0.412. The van der Waals surface area contributed by atoms with Crippen molar-refractivity contribution in [3.8, 4) is 0 Å². The predicted molar refractivity (Wildman–Crippen MR) is 78.0 cm³/mol. The van der Waals surface area contributed by atoms with Crippen LogP contribution in [0.15, 0.2) is 23.1 Å². The van der Waals surface area contributed by atoms with E-state index in [0.29, 0.717) is 12.4 Å². The molecular formula is C14H23NO2S. The number of aryl methyl sites for hydroxylation is 1. The molecule has 0 heterocycles. The van der Waals surface area contributed by atoms with Crippen molar-refractivity contribution in [2.24, 2.45) is 0 Å². The lowest BCUT2D eigenvalue weighted by molar-refractivity contribution is 0.0473. The average Bonchev–Trinajstić information content (AvgIpc) is 2.36. The monoisotopic (exact) mass is 269 g/mol. The number of anilines is 1. The summed E-state index contributed by atoms with van der Waals surface area (Å²) >= 11 is 1.63. The van der Waals surface area contributed by atoms with Gasteiger partial charge >= 0.3 is 0 Å². The lowest BCUT2D eigenvalue weighted by Crippen LogP contribution is -2.18. The van der Waals surface area contributed by atoms with E-state index in [9.17, 15) is 5.11 Å². The molecule has 1 unspecified atom stereocenters. The molecule has 0 radical (unpaired) electrons. The summed E-state index contributed by atoms with van der Waals surface area (Å²) in [5, 5.41) is 9.76. The molecule has 1 atom stereocenters. The zero-order valence-corrected chi connectivity index (χ0v) is 12.0. The normalized spacial score (nSPS) is 12.6. The van der Waals surface area contributed by atoms with Gasteiger partial charge in [-0.2, -0.15) is 0 Å². The zero-order chi connectivity index (χ0) is 13.4. The number of aliphatic hydroxyl groups excluding tert-OH is 1. The van der Waals surface area contributed by atoms with E-state index in [4.69, 9.17) is 10.5 Å². The maximum Gasteiger partial charge on any atom is 0.0867 e. The van der Waals surface area contributed by atoms with Crippen molar-refractivity contribution in [1.29, 1.82) is 0 Å². The number of aliphatic hydroxyl groups is 1. The summed E-state index contributed by atoms with van der Waals surface area (Å²) < 4.78 is 5.38. The van der Waals surface area contributed by atoms with Gasteiger partial charge in [-0.25, -0.2) is 0 Å². The van der Waals surface area contributed by atoms with Crippen LogP contribution in [0.2, 0.25) is 0 Å². The highest BCUT2D eigenvalue weighted by Gasteiger charge is 2.06. The lowest BCUT2D eigenvalue weighted by atomic mass is 10.2. The van der Waals surface area contributed by atoms with Crippen molar-refractivity contribution >= 4 is 17.4 Å². The van der Waals surface area contributed by atoms with Gasteiger partial charge in [-0.1, -0.05) is 13.3 Å². The van der Waals surface area contributed by atoms with Crippen LogP contribution in [-0.2, 0) is 4.74 Å². The van der Waals surface area contributed by atoms with Crippen LogP contribution in [0.5, 0.6) is 0 Å². The number of rotatable bonds is 8. The molecule has 0 aliphatic heterocycles. The number of unbranched alkanes of at least 4 members (excludes halogenated alkanes) is 1. The van der Waals surface area contributed by atoms with Gasteiger partial charge in [-0.15, -0.1) is 11.8 Å². The van der Waals surface area contributed by atoms with E-state index in [1.165, 1.54) is 0 Å². The third kappa shape index (κ3) is 5.76. The van der Waals surface area contributed by atoms with E-state index in [1.807, 2.05) is 25.1 Å². The van der Waals surface area contributed by atoms with Crippen LogP contribution in [0, 0.1) is 6.92 Å². The second kappa shape index (κ2) is 8.40. The molecule has 0 aliphatic rings. The predicted octanol–water partition coefficient (Wildman–Crippen LogP) is 2.85. The minimum atomic E-state index is -0.412. The van der Waals surface area contributed by atoms with E-state index in [2.05, 4.69) is 6.92 Å². The van der Waals surface area contributed by atoms with Crippen LogP contribution in [0.25, 0.3) is 0 Å². The van der Waals surface area contributed by atoms with Crippen LogP contribution in [-0.4, -0.2) is 30.2 Å². The molecule has 4 heteroatoms. The van der Waals surface area contributed by atoms with Crippen molar-refractivity contribution in [3.63, 3.8) is 0 Å². The number of hydrogen-bond donors (Lipinski definition) is 2. The van der Waals surface area contributed by atoms with E-state index in [1.54, 1.807) is 11.8 Å². The summed E-state index contributed by atoms with van der Waals surface area (Å²) in [5.74, 6) is 0.648. The van der Waals surface area contributed by atoms with Gasteiger partial charge in [-0.3, -0.25) is 0 Å². The second-order valence-corrected chi connectivity index (χ2v) is 5.51. The highest BCUT2D eigenvalue weighted by atomic mass is 32.2. The largest absolute Gasteiger partial charge is 0.399 e. The Kier molecular flexibility index (Phi) is 7.16. The Balaban J connectivity index is 2.24. The van der Waals surface area contributed by atoms with Gasteiger partial charge in [-0.05, 0) is 37.1 Å². The quantitative estimate of drug-likeness (QED) is 0.433. The molecule has 1 aromatic rings. The van der Waals surface area contributed by atoms with Crippen molar-refractivity contribution in [2.75, 3.05) is 24.7 Å². The van der Waals surface area contributed by atoms with Crippen LogP contribution in [0.4, 0.5) is 5.69 Å². The maximum absolute atomic E-state index is 9.76. The molecule has 1 rings (SSSR count). The number of thioether (sulfide) groups is 1. The standard InChI is InChI=1S/C14H23NO2S/c1-3-4-7-17-9-12(16)10-18-13-5-6-14(15)11(2)8-13/h5-6,8,12,16H,3-4,7,9-10,15H2,1-2H3. The summed E-state index contributed by atoms with van der Waals surface area (Å²) in [6, 6.07) is 5.93. The maximum atomic E-state index is 9.76. The first-order chi connectivity index (χ1) is 8.63. The molecule has 0 saturated carbocycles. The number of nitrogen functional groups attached to an aromatic ring is 1. The SMILES string of the molecule is CCCCOCC(O)CSc1ccc(N)c(C)c1. The van der Waals surface area contributed by atoms with E-state index < -0.39 is 6.10 Å². The molecule has 0 saturated heterocycles. The molecule has 0 bridgehead atoms. The second-order valence-electron chi connectivity index (χ2n) is 4.41. The van der Waals surface area contributed by atoms with Gasteiger partial charge in [0.05, 0.1) is 12.7 Å². The molecule has 0 fully saturated rings. The molecule has 0 spiro atoms. The van der Waals surface area contributed by atoms with Crippen LogP contribution in [0.1, 0.15) is 25.3 Å². The molecule has 0 aliphatic carbocycles. The van der Waals surface area contributed by atoms with Gasteiger partial charge in [0, 0.05) is 22.9 Å². The van der Waals surface area contributed by atoms with E-state index >= 15 is 0 Å². The van der Waals surface area contributed by atoms with Crippen LogP contribution in [0.3, 0.4) is 0 Å². The van der Waals surface area contributed by atoms with Gasteiger partial charge in [0.25, 0.3) is 0 Å². The Morgan fingerprint density at radius 2 is 2.22 bits per heavy atom. The van der Waals surface area contributed by atoms with Gasteiger partial charge in [0.1, 0.15) is 0 Å². The first-order valence-corrected chi connectivity index (χ1v) is 7.36. The molecule has 18 heavy (non-hydrogen) atoms. The minimum Gasteiger partial charge on any atom is -0.399 e. The molecule has 102 valence electrons. The Hall–Kier alpha value is -0.710. The Morgan fingerprint density at radius 1 is 1.44 bits per heavy atom. The summed E-state index contributed by atoms with van der Waals surface area (Å²) in [7, 11) is 0. The highest BCUT2D eigenvalue weighted by molar-refractivity contribution is 7.99. The number of hydrogen-bond acceptors (Lipinski definition) is 4. The fourth-order valence-corrected chi connectivity index (χ4v) is 2.35. The Morgan fingerprint density at radius 3 is 2.89 bits per heavy atom. The molecule has 0 amide bonds.